The molecule has 3 heteroatoms. The van der Waals surface area contributed by atoms with Crippen LogP contribution < -0.4 is 10.1 Å². The quantitative estimate of drug-likeness (QED) is 0.639. The first-order valence-electron chi connectivity index (χ1n) is 7.29. The number of hydrogen-bond donors (Lipinski definition) is 2. The van der Waals surface area contributed by atoms with E-state index in [-0.39, 0.29) is 6.10 Å². The van der Waals surface area contributed by atoms with Crippen molar-refractivity contribution in [1.82, 2.24) is 5.32 Å². The molecule has 3 nitrogen and oxygen atoms in total. The van der Waals surface area contributed by atoms with Crippen molar-refractivity contribution in [3.63, 3.8) is 0 Å². The molecule has 0 bridgehead atoms. The highest BCUT2D eigenvalue weighted by molar-refractivity contribution is 5.28. The van der Waals surface area contributed by atoms with E-state index in [1.807, 2.05) is 26.0 Å². The third-order valence-electron chi connectivity index (χ3n) is 2.86. The highest BCUT2D eigenvalue weighted by atomic mass is 16.5. The van der Waals surface area contributed by atoms with Gasteiger partial charge in [-0.15, -0.1) is 0 Å². The lowest BCUT2D eigenvalue weighted by Crippen LogP contribution is -2.15. The minimum absolute atomic E-state index is 0.217. The van der Waals surface area contributed by atoms with Gasteiger partial charge in [-0.3, -0.25) is 0 Å². The summed E-state index contributed by atoms with van der Waals surface area (Å²) in [5.74, 6) is 0.942. The zero-order chi connectivity index (χ0) is 13.9. The van der Waals surface area contributed by atoms with E-state index in [4.69, 9.17) is 9.84 Å². The van der Waals surface area contributed by atoms with Gasteiger partial charge < -0.3 is 15.2 Å². The average molecular weight is 265 g/mol. The van der Waals surface area contributed by atoms with E-state index in [0.717, 1.165) is 31.7 Å². The maximum absolute atomic E-state index is 8.68. The van der Waals surface area contributed by atoms with Crippen molar-refractivity contribution in [2.75, 3.05) is 13.2 Å². The lowest BCUT2D eigenvalue weighted by Gasteiger charge is -2.11. The second-order valence-electron chi connectivity index (χ2n) is 5.13. The second-order valence-corrected chi connectivity index (χ2v) is 5.13. The number of hydrogen-bond acceptors (Lipinski definition) is 3. The molecule has 0 unspecified atom stereocenters. The summed E-state index contributed by atoms with van der Waals surface area (Å²) >= 11 is 0. The van der Waals surface area contributed by atoms with Crippen molar-refractivity contribution in [3.05, 3.63) is 29.8 Å². The summed E-state index contributed by atoms with van der Waals surface area (Å²) in [7, 11) is 0. The zero-order valence-corrected chi connectivity index (χ0v) is 12.2. The van der Waals surface area contributed by atoms with Crippen LogP contribution in [0.25, 0.3) is 0 Å². The van der Waals surface area contributed by atoms with E-state index < -0.39 is 0 Å². The Morgan fingerprint density at radius 3 is 2.68 bits per heavy atom. The number of ether oxygens (including phenoxy) is 1. The number of rotatable bonds is 10. The van der Waals surface area contributed by atoms with Gasteiger partial charge in [-0.25, -0.2) is 0 Å². The fourth-order valence-corrected chi connectivity index (χ4v) is 1.95. The van der Waals surface area contributed by atoms with Gasteiger partial charge in [0.2, 0.25) is 0 Å². The molecule has 0 atom stereocenters. The van der Waals surface area contributed by atoms with E-state index in [9.17, 15) is 0 Å². The zero-order valence-electron chi connectivity index (χ0n) is 12.2. The number of aliphatic hydroxyl groups excluding tert-OH is 1. The molecule has 0 fully saturated rings. The van der Waals surface area contributed by atoms with Crippen molar-refractivity contribution in [2.24, 2.45) is 0 Å². The van der Waals surface area contributed by atoms with Crippen LogP contribution in [0.4, 0.5) is 0 Å². The Labute approximate surface area is 117 Å². The molecule has 19 heavy (non-hydrogen) atoms. The second kappa shape index (κ2) is 9.82. The van der Waals surface area contributed by atoms with Crippen molar-refractivity contribution in [2.45, 2.75) is 52.2 Å². The summed E-state index contributed by atoms with van der Waals surface area (Å²) in [5, 5.41) is 12.1. The smallest absolute Gasteiger partial charge is 0.120 e. The Bertz CT molecular complexity index is 339. The molecule has 0 spiro atoms. The Morgan fingerprint density at radius 2 is 1.95 bits per heavy atom. The van der Waals surface area contributed by atoms with Gasteiger partial charge in [0, 0.05) is 13.2 Å². The van der Waals surface area contributed by atoms with Gasteiger partial charge in [-0.2, -0.15) is 0 Å². The van der Waals surface area contributed by atoms with E-state index in [0.29, 0.717) is 6.61 Å². The molecule has 2 N–H and O–H groups in total. The van der Waals surface area contributed by atoms with Gasteiger partial charge in [0.1, 0.15) is 5.75 Å². The molecule has 0 radical (unpaired) electrons. The van der Waals surface area contributed by atoms with Crippen molar-refractivity contribution in [3.8, 4) is 5.75 Å². The predicted octanol–water partition coefficient (Wildman–Crippen LogP) is 3.12. The first kappa shape index (κ1) is 16.0. The number of aliphatic hydroxyl groups is 1. The highest BCUT2D eigenvalue weighted by Gasteiger charge is 1.99. The van der Waals surface area contributed by atoms with E-state index in [1.54, 1.807) is 0 Å². The van der Waals surface area contributed by atoms with Crippen molar-refractivity contribution in [1.29, 1.82) is 0 Å². The molecule has 1 aromatic rings. The highest BCUT2D eigenvalue weighted by Crippen LogP contribution is 2.14. The topological polar surface area (TPSA) is 41.5 Å². The van der Waals surface area contributed by atoms with Crippen LogP contribution in [0.2, 0.25) is 0 Å². The van der Waals surface area contributed by atoms with Gasteiger partial charge in [-0.05, 0) is 50.9 Å². The Kier molecular flexibility index (Phi) is 8.26. The Morgan fingerprint density at radius 1 is 1.16 bits per heavy atom. The molecule has 0 aliphatic heterocycles. The van der Waals surface area contributed by atoms with E-state index in [2.05, 4.69) is 17.4 Å². The monoisotopic (exact) mass is 265 g/mol. The SMILES string of the molecule is CC(C)Oc1cccc(CNCCCCCCO)c1. The summed E-state index contributed by atoms with van der Waals surface area (Å²) < 4.78 is 5.68. The average Bonchev–Trinajstić information content (AvgIpc) is 2.37. The molecular weight excluding hydrogens is 238 g/mol. The summed E-state index contributed by atoms with van der Waals surface area (Å²) in [4.78, 5) is 0. The van der Waals surface area contributed by atoms with Crippen LogP contribution in [0.3, 0.4) is 0 Å². The summed E-state index contributed by atoms with van der Waals surface area (Å²) in [6.07, 6.45) is 4.62. The van der Waals surface area contributed by atoms with Gasteiger partial charge in [0.05, 0.1) is 6.10 Å². The van der Waals surface area contributed by atoms with Gasteiger partial charge in [-0.1, -0.05) is 25.0 Å². The largest absolute Gasteiger partial charge is 0.491 e. The maximum atomic E-state index is 8.68. The summed E-state index contributed by atoms with van der Waals surface area (Å²) in [5.41, 5.74) is 1.26. The summed E-state index contributed by atoms with van der Waals surface area (Å²) in [6.45, 7) is 6.31. The van der Waals surface area contributed by atoms with E-state index in [1.165, 1.54) is 18.4 Å². The van der Waals surface area contributed by atoms with Crippen LogP contribution >= 0.6 is 0 Å². The molecule has 0 aromatic heterocycles. The molecule has 0 aliphatic rings. The minimum Gasteiger partial charge on any atom is -0.491 e. The number of unbranched alkanes of at least 4 members (excludes halogenated alkanes) is 3. The third-order valence-corrected chi connectivity index (χ3v) is 2.86. The molecule has 0 saturated carbocycles. The molecule has 0 heterocycles. The first-order chi connectivity index (χ1) is 9.22. The predicted molar refractivity (Wildman–Crippen MR) is 79.5 cm³/mol. The third kappa shape index (κ3) is 7.85. The molecule has 1 rings (SSSR count). The Balaban J connectivity index is 2.18. The first-order valence-corrected chi connectivity index (χ1v) is 7.29. The van der Waals surface area contributed by atoms with Crippen LogP contribution in [0.1, 0.15) is 45.1 Å². The lowest BCUT2D eigenvalue weighted by atomic mass is 10.2. The van der Waals surface area contributed by atoms with Crippen LogP contribution in [0, 0.1) is 0 Å². The number of benzene rings is 1. The number of nitrogens with one attached hydrogen (secondary N) is 1. The van der Waals surface area contributed by atoms with Crippen LogP contribution in [-0.2, 0) is 6.54 Å². The molecule has 0 saturated heterocycles. The van der Waals surface area contributed by atoms with Gasteiger partial charge >= 0.3 is 0 Å². The van der Waals surface area contributed by atoms with Crippen molar-refractivity contribution < 1.29 is 9.84 Å². The molecule has 1 aromatic carbocycles. The molecule has 0 aliphatic carbocycles. The van der Waals surface area contributed by atoms with Crippen molar-refractivity contribution >= 4 is 0 Å². The minimum atomic E-state index is 0.217. The fraction of sp³-hybridized carbons (Fsp3) is 0.625. The van der Waals surface area contributed by atoms with Crippen LogP contribution in [0.5, 0.6) is 5.75 Å². The van der Waals surface area contributed by atoms with Crippen LogP contribution in [-0.4, -0.2) is 24.4 Å². The Hall–Kier alpha value is -1.06. The molecule has 108 valence electrons. The van der Waals surface area contributed by atoms with Crippen LogP contribution in [0.15, 0.2) is 24.3 Å². The van der Waals surface area contributed by atoms with E-state index >= 15 is 0 Å². The lowest BCUT2D eigenvalue weighted by molar-refractivity contribution is 0.242. The normalized spacial score (nSPS) is 10.9. The maximum Gasteiger partial charge on any atom is 0.120 e. The van der Waals surface area contributed by atoms with Gasteiger partial charge in [0.25, 0.3) is 0 Å². The molecule has 0 amide bonds. The molecular formula is C16H27NO2. The summed E-state index contributed by atoms with van der Waals surface area (Å²) in [6, 6.07) is 8.25. The standard InChI is InChI=1S/C16H27NO2/c1-14(2)19-16-9-7-8-15(12-16)13-17-10-5-3-4-6-11-18/h7-9,12,14,17-18H,3-6,10-11,13H2,1-2H3. The van der Waals surface area contributed by atoms with Gasteiger partial charge in [0.15, 0.2) is 0 Å². The fourth-order valence-electron chi connectivity index (χ4n) is 1.95.